The Kier molecular flexibility index (Phi) is 3.45. The third-order valence-corrected chi connectivity index (χ3v) is 2.72. The Morgan fingerprint density at radius 3 is 2.89 bits per heavy atom. The van der Waals surface area contributed by atoms with Gasteiger partial charge in [0.15, 0.2) is 0 Å². The fourth-order valence-corrected chi connectivity index (χ4v) is 1.77. The zero-order chi connectivity index (χ0) is 13.1. The van der Waals surface area contributed by atoms with Crippen molar-refractivity contribution in [3.63, 3.8) is 0 Å². The highest BCUT2D eigenvalue weighted by Gasteiger charge is 2.36. The number of pyridine rings is 1. The van der Waals surface area contributed by atoms with E-state index in [1.807, 2.05) is 6.92 Å². The number of aromatic nitrogens is 1. The Morgan fingerprint density at radius 2 is 2.28 bits per heavy atom. The first kappa shape index (κ1) is 12.3. The van der Waals surface area contributed by atoms with Crippen molar-refractivity contribution in [2.75, 3.05) is 19.0 Å². The van der Waals surface area contributed by atoms with Gasteiger partial charge in [0.2, 0.25) is 11.8 Å². The molecule has 1 aliphatic heterocycles. The average Bonchev–Trinajstić information content (AvgIpc) is 2.58. The molecule has 0 bridgehead atoms. The number of nitrogens with one attached hydrogen (secondary N) is 1. The van der Waals surface area contributed by atoms with Gasteiger partial charge in [-0.3, -0.25) is 14.5 Å². The van der Waals surface area contributed by atoms with Crippen LogP contribution in [0.3, 0.4) is 0 Å². The molecule has 2 heterocycles. The average molecular weight is 249 g/mol. The zero-order valence-corrected chi connectivity index (χ0v) is 10.3. The molecule has 96 valence electrons. The molecule has 18 heavy (non-hydrogen) atoms. The van der Waals surface area contributed by atoms with Gasteiger partial charge in [-0.25, -0.2) is 0 Å². The maximum atomic E-state index is 11.7. The molecule has 0 aliphatic carbocycles. The lowest BCUT2D eigenvalue weighted by atomic mass is 10.2. The SMILES string of the molecule is CCOc1cccc(NC2CC(=O)N(C)C2=O)n1. The summed E-state index contributed by atoms with van der Waals surface area (Å²) in [5, 5.41) is 2.95. The molecule has 2 amide bonds. The molecular weight excluding hydrogens is 234 g/mol. The molecule has 1 N–H and O–H groups in total. The quantitative estimate of drug-likeness (QED) is 0.793. The fourth-order valence-electron chi connectivity index (χ4n) is 1.77. The minimum atomic E-state index is -0.535. The van der Waals surface area contributed by atoms with Crippen LogP contribution in [0.15, 0.2) is 18.2 Å². The van der Waals surface area contributed by atoms with Crippen molar-refractivity contribution in [3.05, 3.63) is 18.2 Å². The van der Waals surface area contributed by atoms with E-state index in [-0.39, 0.29) is 18.2 Å². The van der Waals surface area contributed by atoms with Gasteiger partial charge in [-0.2, -0.15) is 4.98 Å². The summed E-state index contributed by atoms with van der Waals surface area (Å²) in [5.74, 6) is 0.608. The van der Waals surface area contributed by atoms with Crippen LogP contribution in [0.5, 0.6) is 5.88 Å². The number of ether oxygens (including phenoxy) is 1. The van der Waals surface area contributed by atoms with Crippen LogP contribution >= 0.6 is 0 Å². The molecule has 1 aromatic heterocycles. The molecule has 2 rings (SSSR count). The van der Waals surface area contributed by atoms with Gasteiger partial charge in [-0.15, -0.1) is 0 Å². The molecule has 0 saturated carbocycles. The summed E-state index contributed by atoms with van der Waals surface area (Å²) in [7, 11) is 1.48. The monoisotopic (exact) mass is 249 g/mol. The van der Waals surface area contributed by atoms with Crippen LogP contribution in [-0.4, -0.2) is 41.4 Å². The van der Waals surface area contributed by atoms with Crippen molar-refractivity contribution in [1.29, 1.82) is 0 Å². The van der Waals surface area contributed by atoms with Crippen LogP contribution in [0.4, 0.5) is 5.82 Å². The molecule has 1 saturated heterocycles. The summed E-state index contributed by atoms with van der Waals surface area (Å²) in [5.41, 5.74) is 0. The topological polar surface area (TPSA) is 71.5 Å². The number of hydrogen-bond donors (Lipinski definition) is 1. The van der Waals surface area contributed by atoms with Crippen LogP contribution in [-0.2, 0) is 9.59 Å². The van der Waals surface area contributed by atoms with Gasteiger partial charge in [0.25, 0.3) is 5.91 Å². The first-order chi connectivity index (χ1) is 8.61. The van der Waals surface area contributed by atoms with E-state index in [0.29, 0.717) is 18.3 Å². The molecular formula is C12H15N3O3. The Morgan fingerprint density at radius 1 is 1.50 bits per heavy atom. The number of amides is 2. The third kappa shape index (κ3) is 2.42. The summed E-state index contributed by atoms with van der Waals surface area (Å²) in [6, 6.07) is 4.72. The summed E-state index contributed by atoms with van der Waals surface area (Å²) in [6.45, 7) is 2.40. The standard InChI is InChI=1S/C12H15N3O3/c1-3-18-10-6-4-5-9(14-10)13-8-7-11(16)15(2)12(8)17/h4-6,8H,3,7H2,1-2H3,(H,13,14). The second kappa shape index (κ2) is 5.03. The minimum Gasteiger partial charge on any atom is -0.478 e. The smallest absolute Gasteiger partial charge is 0.251 e. The fraction of sp³-hybridized carbons (Fsp3) is 0.417. The molecule has 0 spiro atoms. The number of carbonyl (C=O) groups excluding carboxylic acids is 2. The van der Waals surface area contributed by atoms with Crippen molar-refractivity contribution in [2.45, 2.75) is 19.4 Å². The van der Waals surface area contributed by atoms with Gasteiger partial charge < -0.3 is 10.1 Å². The third-order valence-electron chi connectivity index (χ3n) is 2.72. The summed E-state index contributed by atoms with van der Waals surface area (Å²) < 4.78 is 5.27. The van der Waals surface area contributed by atoms with Gasteiger partial charge in [0.05, 0.1) is 13.0 Å². The highest BCUT2D eigenvalue weighted by Crippen LogP contribution is 2.17. The predicted octanol–water partition coefficient (Wildman–Crippen LogP) is 0.649. The van der Waals surface area contributed by atoms with E-state index >= 15 is 0 Å². The van der Waals surface area contributed by atoms with Crippen LogP contribution in [0, 0.1) is 0 Å². The normalized spacial score (nSPS) is 19.2. The van der Waals surface area contributed by atoms with E-state index in [9.17, 15) is 9.59 Å². The molecule has 0 radical (unpaired) electrons. The minimum absolute atomic E-state index is 0.163. The van der Waals surface area contributed by atoms with E-state index < -0.39 is 6.04 Å². The van der Waals surface area contributed by atoms with Gasteiger partial charge >= 0.3 is 0 Å². The second-order valence-corrected chi connectivity index (χ2v) is 3.99. The van der Waals surface area contributed by atoms with Gasteiger partial charge in [-0.05, 0) is 13.0 Å². The van der Waals surface area contributed by atoms with Crippen LogP contribution < -0.4 is 10.1 Å². The molecule has 6 nitrogen and oxygen atoms in total. The lowest BCUT2D eigenvalue weighted by molar-refractivity contribution is -0.136. The van der Waals surface area contributed by atoms with Crippen LogP contribution in [0.25, 0.3) is 0 Å². The number of nitrogens with zero attached hydrogens (tertiary/aromatic N) is 2. The molecule has 6 heteroatoms. The number of hydrogen-bond acceptors (Lipinski definition) is 5. The highest BCUT2D eigenvalue weighted by molar-refractivity contribution is 6.06. The largest absolute Gasteiger partial charge is 0.478 e. The number of anilines is 1. The van der Waals surface area contributed by atoms with Gasteiger partial charge in [0, 0.05) is 13.1 Å². The van der Waals surface area contributed by atoms with Crippen LogP contribution in [0.1, 0.15) is 13.3 Å². The number of rotatable bonds is 4. The van der Waals surface area contributed by atoms with Crippen molar-refractivity contribution in [1.82, 2.24) is 9.88 Å². The predicted molar refractivity (Wildman–Crippen MR) is 65.2 cm³/mol. The molecule has 1 aromatic rings. The molecule has 1 atom stereocenters. The number of carbonyl (C=O) groups is 2. The summed E-state index contributed by atoms with van der Waals surface area (Å²) in [4.78, 5) is 28.4. The lowest BCUT2D eigenvalue weighted by Crippen LogP contribution is -2.32. The maximum absolute atomic E-state index is 11.7. The van der Waals surface area contributed by atoms with Crippen molar-refractivity contribution >= 4 is 17.6 Å². The van der Waals surface area contributed by atoms with E-state index in [4.69, 9.17) is 4.74 Å². The van der Waals surface area contributed by atoms with E-state index in [1.54, 1.807) is 18.2 Å². The number of likely N-dealkylation sites (tertiary alicyclic amines) is 1. The number of imide groups is 1. The van der Waals surface area contributed by atoms with Gasteiger partial charge in [-0.1, -0.05) is 6.07 Å². The summed E-state index contributed by atoms with van der Waals surface area (Å²) in [6.07, 6.45) is 0.163. The van der Waals surface area contributed by atoms with E-state index in [1.165, 1.54) is 7.05 Å². The van der Waals surface area contributed by atoms with Crippen molar-refractivity contribution in [3.8, 4) is 5.88 Å². The van der Waals surface area contributed by atoms with E-state index in [0.717, 1.165) is 4.90 Å². The van der Waals surface area contributed by atoms with Crippen molar-refractivity contribution in [2.24, 2.45) is 0 Å². The Labute approximate surface area is 105 Å². The second-order valence-electron chi connectivity index (χ2n) is 3.99. The summed E-state index contributed by atoms with van der Waals surface area (Å²) >= 11 is 0. The molecule has 1 fully saturated rings. The van der Waals surface area contributed by atoms with Crippen molar-refractivity contribution < 1.29 is 14.3 Å². The maximum Gasteiger partial charge on any atom is 0.251 e. The first-order valence-electron chi connectivity index (χ1n) is 5.78. The Bertz CT molecular complexity index is 475. The highest BCUT2D eigenvalue weighted by atomic mass is 16.5. The molecule has 0 aromatic carbocycles. The first-order valence-corrected chi connectivity index (χ1v) is 5.78. The molecule has 1 unspecified atom stereocenters. The molecule has 1 aliphatic rings. The zero-order valence-electron chi connectivity index (χ0n) is 10.3. The van der Waals surface area contributed by atoms with Gasteiger partial charge in [0.1, 0.15) is 11.9 Å². The Balaban J connectivity index is 2.08. The van der Waals surface area contributed by atoms with E-state index in [2.05, 4.69) is 10.3 Å². The lowest BCUT2D eigenvalue weighted by Gasteiger charge is -2.12. The van der Waals surface area contributed by atoms with Crippen LogP contribution in [0.2, 0.25) is 0 Å². The number of likely N-dealkylation sites (N-methyl/N-ethyl adjacent to an activating group) is 1. The Hall–Kier alpha value is -2.11.